The molecule has 1 heterocycles. The molecule has 0 saturated heterocycles. The maximum atomic E-state index is 12.7. The van der Waals surface area contributed by atoms with E-state index in [1.165, 1.54) is 20.1 Å². The third-order valence-corrected chi connectivity index (χ3v) is 5.64. The van der Waals surface area contributed by atoms with Crippen molar-refractivity contribution in [2.45, 2.75) is 18.1 Å². The number of furan rings is 1. The summed E-state index contributed by atoms with van der Waals surface area (Å²) in [6, 6.07) is 19.9. The minimum Gasteiger partial charge on any atom is -0.465 e. The van der Waals surface area contributed by atoms with Gasteiger partial charge in [0.2, 0.25) is 5.09 Å². The number of hydrogen-bond acceptors (Lipinski definition) is 6. The summed E-state index contributed by atoms with van der Waals surface area (Å²) in [5, 5.41) is 3.00. The number of sulfonamides is 1. The molecule has 0 aliphatic carbocycles. The van der Waals surface area contributed by atoms with Crippen LogP contribution in [0.2, 0.25) is 0 Å². The van der Waals surface area contributed by atoms with Gasteiger partial charge in [-0.2, -0.15) is 0 Å². The molecule has 0 spiro atoms. The van der Waals surface area contributed by atoms with Crippen molar-refractivity contribution in [1.29, 1.82) is 0 Å². The molecule has 7 nitrogen and oxygen atoms in total. The molecule has 3 rings (SSSR count). The predicted octanol–water partition coefficient (Wildman–Crippen LogP) is 3.51. The van der Waals surface area contributed by atoms with Gasteiger partial charge in [-0.1, -0.05) is 48.5 Å². The van der Waals surface area contributed by atoms with Gasteiger partial charge in [-0.15, -0.1) is 0 Å². The lowest BCUT2D eigenvalue weighted by atomic mass is 10.1. The van der Waals surface area contributed by atoms with Crippen LogP contribution in [0, 0.1) is 6.92 Å². The summed E-state index contributed by atoms with van der Waals surface area (Å²) >= 11 is 0. The van der Waals surface area contributed by atoms with Crippen molar-refractivity contribution in [2.24, 2.45) is 0 Å². The third kappa shape index (κ3) is 5.04. The van der Waals surface area contributed by atoms with E-state index in [1.54, 1.807) is 0 Å². The molecule has 2 N–H and O–H groups in total. The number of para-hydroxylation sites is 1. The second-order valence-corrected chi connectivity index (χ2v) is 8.05. The Morgan fingerprint density at radius 2 is 1.69 bits per heavy atom. The fourth-order valence-corrected chi connectivity index (χ4v) is 3.87. The summed E-state index contributed by atoms with van der Waals surface area (Å²) in [6.45, 7) is 1.59. The molecule has 0 aliphatic rings. The Morgan fingerprint density at radius 1 is 1.07 bits per heavy atom. The van der Waals surface area contributed by atoms with E-state index in [0.717, 1.165) is 11.3 Å². The Hall–Kier alpha value is -3.10. The van der Waals surface area contributed by atoms with E-state index in [2.05, 4.69) is 14.8 Å². The second kappa shape index (κ2) is 8.93. The molecule has 0 amide bonds. The molecule has 152 valence electrons. The van der Waals surface area contributed by atoms with Crippen molar-refractivity contribution in [3.63, 3.8) is 0 Å². The first kappa shape index (κ1) is 20.6. The van der Waals surface area contributed by atoms with Crippen molar-refractivity contribution >= 4 is 21.7 Å². The fourth-order valence-electron chi connectivity index (χ4n) is 2.84. The van der Waals surface area contributed by atoms with E-state index in [9.17, 15) is 13.2 Å². The molecule has 0 fully saturated rings. The highest BCUT2D eigenvalue weighted by Crippen LogP contribution is 2.22. The number of carbonyl (C=O) groups excluding carboxylic acids is 1. The van der Waals surface area contributed by atoms with Gasteiger partial charge in [0.25, 0.3) is 10.0 Å². The lowest BCUT2D eigenvalue weighted by Gasteiger charge is -2.20. The lowest BCUT2D eigenvalue weighted by Crippen LogP contribution is -2.31. The molecular formula is C21H22N2O5S. The van der Waals surface area contributed by atoms with E-state index in [1.807, 2.05) is 60.7 Å². The van der Waals surface area contributed by atoms with Crippen LogP contribution in [0.3, 0.4) is 0 Å². The number of benzene rings is 2. The normalized spacial score (nSPS) is 12.3. The van der Waals surface area contributed by atoms with E-state index in [4.69, 9.17) is 4.42 Å². The molecule has 0 saturated carbocycles. The van der Waals surface area contributed by atoms with Gasteiger partial charge in [-0.05, 0) is 24.6 Å². The maximum Gasteiger partial charge on any atom is 0.341 e. The van der Waals surface area contributed by atoms with Gasteiger partial charge in [-0.25, -0.2) is 17.9 Å². The van der Waals surface area contributed by atoms with E-state index in [0.29, 0.717) is 0 Å². The molecule has 0 radical (unpaired) electrons. The summed E-state index contributed by atoms with van der Waals surface area (Å²) in [4.78, 5) is 11.7. The number of hydrogen-bond donors (Lipinski definition) is 2. The minimum atomic E-state index is -3.96. The zero-order chi connectivity index (χ0) is 20.9. The van der Waals surface area contributed by atoms with E-state index >= 15 is 0 Å². The molecule has 0 bridgehead atoms. The second-order valence-electron chi connectivity index (χ2n) is 6.35. The smallest absolute Gasteiger partial charge is 0.341 e. The molecular weight excluding hydrogens is 392 g/mol. The molecule has 0 aliphatic heterocycles. The average molecular weight is 414 g/mol. The van der Waals surface area contributed by atoms with Crippen LogP contribution in [-0.2, 0) is 14.8 Å². The van der Waals surface area contributed by atoms with Crippen LogP contribution in [-0.4, -0.2) is 28.0 Å². The van der Waals surface area contributed by atoms with Gasteiger partial charge < -0.3 is 14.5 Å². The Labute approximate surface area is 169 Å². The first-order valence-corrected chi connectivity index (χ1v) is 10.4. The largest absolute Gasteiger partial charge is 0.465 e. The summed E-state index contributed by atoms with van der Waals surface area (Å²) in [6.07, 6.45) is 0. The Morgan fingerprint density at radius 3 is 2.31 bits per heavy atom. The first-order chi connectivity index (χ1) is 13.9. The fraction of sp³-hybridized carbons (Fsp3) is 0.190. The predicted molar refractivity (Wildman–Crippen MR) is 109 cm³/mol. The number of carbonyl (C=O) groups is 1. The highest BCUT2D eigenvalue weighted by atomic mass is 32.2. The SMILES string of the molecule is COC(=O)c1cc(S(=O)(=O)NCC(Nc2ccccc2)c2ccccc2)oc1C. The van der Waals surface area contributed by atoms with Crippen LogP contribution in [0.4, 0.5) is 5.69 Å². The number of ether oxygens (including phenoxy) is 1. The average Bonchev–Trinajstić information content (AvgIpc) is 3.14. The van der Waals surface area contributed by atoms with E-state index in [-0.39, 0.29) is 29.0 Å². The third-order valence-electron chi connectivity index (χ3n) is 4.36. The number of rotatable bonds is 8. The van der Waals surface area contributed by atoms with Crippen molar-refractivity contribution in [1.82, 2.24) is 4.72 Å². The van der Waals surface area contributed by atoms with Gasteiger partial charge in [-0.3, -0.25) is 0 Å². The van der Waals surface area contributed by atoms with Gasteiger partial charge in [0.05, 0.1) is 13.2 Å². The Balaban J connectivity index is 1.80. The van der Waals surface area contributed by atoms with Crippen LogP contribution < -0.4 is 10.0 Å². The Kier molecular flexibility index (Phi) is 6.36. The maximum absolute atomic E-state index is 12.7. The number of nitrogens with one attached hydrogen (secondary N) is 2. The van der Waals surface area contributed by atoms with Crippen LogP contribution in [0.1, 0.15) is 27.7 Å². The van der Waals surface area contributed by atoms with Crippen LogP contribution in [0.15, 0.2) is 76.2 Å². The van der Waals surface area contributed by atoms with Gasteiger partial charge in [0, 0.05) is 18.3 Å². The molecule has 8 heteroatoms. The number of esters is 1. The number of anilines is 1. The molecule has 1 aromatic heterocycles. The minimum absolute atomic E-state index is 0.0779. The monoisotopic (exact) mass is 414 g/mol. The highest BCUT2D eigenvalue weighted by molar-refractivity contribution is 7.89. The van der Waals surface area contributed by atoms with Gasteiger partial charge >= 0.3 is 5.97 Å². The van der Waals surface area contributed by atoms with Gasteiger partial charge in [0.1, 0.15) is 11.3 Å². The lowest BCUT2D eigenvalue weighted by molar-refractivity contribution is 0.0598. The van der Waals surface area contributed by atoms with Crippen molar-refractivity contribution < 1.29 is 22.4 Å². The molecule has 1 unspecified atom stereocenters. The summed E-state index contributed by atoms with van der Waals surface area (Å²) in [5.74, 6) is -0.472. The van der Waals surface area contributed by atoms with E-state index < -0.39 is 16.0 Å². The standard InChI is InChI=1S/C21H22N2O5S/c1-15-18(21(24)27-2)13-20(28-15)29(25,26)22-14-19(16-9-5-3-6-10-16)23-17-11-7-4-8-12-17/h3-13,19,22-23H,14H2,1-2H3. The highest BCUT2D eigenvalue weighted by Gasteiger charge is 2.25. The van der Waals surface area contributed by atoms with Crippen LogP contribution in [0.25, 0.3) is 0 Å². The molecule has 2 aromatic carbocycles. The van der Waals surface area contributed by atoms with Crippen molar-refractivity contribution in [3.8, 4) is 0 Å². The van der Waals surface area contributed by atoms with Crippen molar-refractivity contribution in [2.75, 3.05) is 19.0 Å². The number of methoxy groups -OCH3 is 1. The quantitative estimate of drug-likeness (QED) is 0.548. The first-order valence-electron chi connectivity index (χ1n) is 8.95. The summed E-state index contributed by atoms with van der Waals surface area (Å²) < 4.78 is 37.9. The molecule has 1 atom stereocenters. The van der Waals surface area contributed by atoms with Crippen LogP contribution >= 0.6 is 0 Å². The summed E-state index contributed by atoms with van der Waals surface area (Å²) in [7, 11) is -2.74. The molecule has 3 aromatic rings. The van der Waals surface area contributed by atoms with Gasteiger partial charge in [0.15, 0.2) is 0 Å². The summed E-state index contributed by atoms with van der Waals surface area (Å²) in [5.41, 5.74) is 1.86. The molecule has 29 heavy (non-hydrogen) atoms. The zero-order valence-corrected chi connectivity index (χ0v) is 16.9. The van der Waals surface area contributed by atoms with Crippen LogP contribution in [0.5, 0.6) is 0 Å². The zero-order valence-electron chi connectivity index (χ0n) is 16.1. The topological polar surface area (TPSA) is 97.6 Å². The van der Waals surface area contributed by atoms with Crippen molar-refractivity contribution in [3.05, 3.63) is 83.6 Å². The Bertz CT molecular complexity index is 1060. The number of aryl methyl sites for hydroxylation is 1.